The first-order valence-electron chi connectivity index (χ1n) is 5.88. The lowest BCUT2D eigenvalue weighted by Crippen LogP contribution is -2.43. The molecule has 0 saturated heterocycles. The second-order valence-electron chi connectivity index (χ2n) is 5.06. The van der Waals surface area contributed by atoms with Crippen molar-refractivity contribution < 1.29 is 4.79 Å². The second kappa shape index (κ2) is 6.35. The number of amides is 1. The first-order chi connectivity index (χ1) is 7.97. The van der Waals surface area contributed by atoms with E-state index in [1.165, 1.54) is 0 Å². The number of pyridine rings is 1. The Morgan fingerprint density at radius 2 is 2.18 bits per heavy atom. The van der Waals surface area contributed by atoms with Crippen LogP contribution >= 0.6 is 0 Å². The summed E-state index contributed by atoms with van der Waals surface area (Å²) >= 11 is 0. The number of carbonyl (C=O) groups excluding carboxylic acids is 1. The maximum atomic E-state index is 11.5. The Kier molecular flexibility index (Phi) is 5.10. The van der Waals surface area contributed by atoms with Crippen molar-refractivity contribution >= 4 is 5.91 Å². The van der Waals surface area contributed by atoms with Crippen molar-refractivity contribution in [3.8, 4) is 0 Å². The molecule has 4 heteroatoms. The summed E-state index contributed by atoms with van der Waals surface area (Å²) in [7, 11) is 0. The van der Waals surface area contributed by atoms with Crippen LogP contribution in [-0.2, 0) is 11.2 Å². The molecule has 1 rings (SSSR count). The van der Waals surface area contributed by atoms with Gasteiger partial charge in [-0.25, -0.2) is 0 Å². The lowest BCUT2D eigenvalue weighted by atomic mass is 10.1. The summed E-state index contributed by atoms with van der Waals surface area (Å²) in [6, 6.07) is 3.91. The van der Waals surface area contributed by atoms with E-state index in [4.69, 9.17) is 0 Å². The van der Waals surface area contributed by atoms with Gasteiger partial charge in [0.05, 0.1) is 6.54 Å². The number of aromatic nitrogens is 1. The van der Waals surface area contributed by atoms with Gasteiger partial charge in [-0.2, -0.15) is 0 Å². The maximum Gasteiger partial charge on any atom is 0.233 e. The minimum absolute atomic E-state index is 0.0271. The van der Waals surface area contributed by atoms with E-state index in [0.29, 0.717) is 13.1 Å². The van der Waals surface area contributed by atoms with Crippen molar-refractivity contribution in [3.05, 3.63) is 30.1 Å². The van der Waals surface area contributed by atoms with Crippen LogP contribution in [0.25, 0.3) is 0 Å². The largest absolute Gasteiger partial charge is 0.355 e. The molecule has 1 aromatic heterocycles. The monoisotopic (exact) mass is 235 g/mol. The Morgan fingerprint density at radius 3 is 2.76 bits per heavy atom. The van der Waals surface area contributed by atoms with Gasteiger partial charge in [0.15, 0.2) is 0 Å². The third-order valence-corrected chi connectivity index (χ3v) is 2.24. The fraction of sp³-hybridized carbons (Fsp3) is 0.538. The third kappa shape index (κ3) is 6.68. The standard InChI is InChI=1S/C13H21N3O/c1-13(2,3)16-10-12(17)15-8-6-11-5-4-7-14-9-11/h4-5,7,9,16H,6,8,10H2,1-3H3,(H,15,17). The molecule has 0 atom stereocenters. The zero-order chi connectivity index (χ0) is 12.7. The summed E-state index contributed by atoms with van der Waals surface area (Å²) in [5, 5.41) is 6.02. The fourth-order valence-electron chi connectivity index (χ4n) is 1.30. The molecular weight excluding hydrogens is 214 g/mol. The smallest absolute Gasteiger partial charge is 0.233 e. The predicted molar refractivity (Wildman–Crippen MR) is 68.7 cm³/mol. The second-order valence-corrected chi connectivity index (χ2v) is 5.06. The third-order valence-electron chi connectivity index (χ3n) is 2.24. The predicted octanol–water partition coefficient (Wildman–Crippen LogP) is 1.13. The zero-order valence-electron chi connectivity index (χ0n) is 10.8. The Morgan fingerprint density at radius 1 is 1.41 bits per heavy atom. The highest BCUT2D eigenvalue weighted by Gasteiger charge is 2.10. The Hall–Kier alpha value is -1.42. The molecule has 0 radical (unpaired) electrons. The number of carbonyl (C=O) groups is 1. The molecule has 0 aliphatic heterocycles. The molecule has 2 N–H and O–H groups in total. The summed E-state index contributed by atoms with van der Waals surface area (Å²) in [6.45, 7) is 7.12. The van der Waals surface area contributed by atoms with Crippen LogP contribution in [0, 0.1) is 0 Å². The molecule has 0 aliphatic carbocycles. The van der Waals surface area contributed by atoms with Gasteiger partial charge in [-0.1, -0.05) is 6.07 Å². The topological polar surface area (TPSA) is 54.0 Å². The highest BCUT2D eigenvalue weighted by atomic mass is 16.1. The molecule has 1 aromatic rings. The Bertz CT molecular complexity index is 343. The molecule has 94 valence electrons. The van der Waals surface area contributed by atoms with E-state index < -0.39 is 0 Å². The molecule has 0 aliphatic rings. The summed E-state index contributed by atoms with van der Waals surface area (Å²) < 4.78 is 0. The average Bonchev–Trinajstić information content (AvgIpc) is 2.27. The van der Waals surface area contributed by atoms with E-state index >= 15 is 0 Å². The first kappa shape index (κ1) is 13.6. The number of nitrogens with one attached hydrogen (secondary N) is 2. The minimum Gasteiger partial charge on any atom is -0.355 e. The van der Waals surface area contributed by atoms with Crippen molar-refractivity contribution in [3.63, 3.8) is 0 Å². The molecule has 1 heterocycles. The first-order valence-corrected chi connectivity index (χ1v) is 5.88. The molecule has 0 unspecified atom stereocenters. The molecule has 0 spiro atoms. The number of nitrogens with zero attached hydrogens (tertiary/aromatic N) is 1. The van der Waals surface area contributed by atoms with Gasteiger partial charge < -0.3 is 10.6 Å². The molecular formula is C13H21N3O. The van der Waals surface area contributed by atoms with E-state index in [2.05, 4.69) is 15.6 Å². The summed E-state index contributed by atoms with van der Waals surface area (Å²) in [5.74, 6) is 0.0313. The quantitative estimate of drug-likeness (QED) is 0.804. The van der Waals surface area contributed by atoms with Gasteiger partial charge in [0.2, 0.25) is 5.91 Å². The summed E-state index contributed by atoms with van der Waals surface area (Å²) in [6.07, 6.45) is 4.38. The van der Waals surface area contributed by atoms with Crippen LogP contribution in [0.5, 0.6) is 0 Å². The molecule has 0 bridgehead atoms. The van der Waals surface area contributed by atoms with Crippen molar-refractivity contribution in [2.24, 2.45) is 0 Å². The van der Waals surface area contributed by atoms with E-state index in [9.17, 15) is 4.79 Å². The number of hydrogen-bond donors (Lipinski definition) is 2. The van der Waals surface area contributed by atoms with Gasteiger partial charge in [0, 0.05) is 24.5 Å². The van der Waals surface area contributed by atoms with E-state index in [-0.39, 0.29) is 11.4 Å². The van der Waals surface area contributed by atoms with Crippen LogP contribution in [-0.4, -0.2) is 29.5 Å². The molecule has 1 amide bonds. The van der Waals surface area contributed by atoms with Crippen LogP contribution in [0.2, 0.25) is 0 Å². The van der Waals surface area contributed by atoms with Crippen molar-refractivity contribution in [1.82, 2.24) is 15.6 Å². The Balaban J connectivity index is 2.17. The lowest BCUT2D eigenvalue weighted by molar-refractivity contribution is -0.120. The van der Waals surface area contributed by atoms with Gasteiger partial charge in [0.25, 0.3) is 0 Å². The molecule has 4 nitrogen and oxygen atoms in total. The molecule has 17 heavy (non-hydrogen) atoms. The lowest BCUT2D eigenvalue weighted by Gasteiger charge is -2.19. The van der Waals surface area contributed by atoms with Crippen molar-refractivity contribution in [2.75, 3.05) is 13.1 Å². The van der Waals surface area contributed by atoms with Crippen LogP contribution in [0.1, 0.15) is 26.3 Å². The van der Waals surface area contributed by atoms with Gasteiger partial charge in [-0.15, -0.1) is 0 Å². The minimum atomic E-state index is -0.0271. The highest BCUT2D eigenvalue weighted by molar-refractivity contribution is 5.78. The van der Waals surface area contributed by atoms with Gasteiger partial charge in [-0.05, 0) is 38.8 Å². The van der Waals surface area contributed by atoms with Crippen LogP contribution in [0.4, 0.5) is 0 Å². The van der Waals surface area contributed by atoms with Gasteiger partial charge in [-0.3, -0.25) is 9.78 Å². The van der Waals surface area contributed by atoms with Gasteiger partial charge in [0.1, 0.15) is 0 Å². The normalized spacial score (nSPS) is 11.2. The summed E-state index contributed by atoms with van der Waals surface area (Å²) in [5.41, 5.74) is 1.11. The van der Waals surface area contributed by atoms with E-state index in [0.717, 1.165) is 12.0 Å². The van der Waals surface area contributed by atoms with Crippen molar-refractivity contribution in [1.29, 1.82) is 0 Å². The van der Waals surface area contributed by atoms with Crippen LogP contribution < -0.4 is 10.6 Å². The van der Waals surface area contributed by atoms with E-state index in [1.807, 2.05) is 39.1 Å². The molecule has 0 aromatic carbocycles. The summed E-state index contributed by atoms with van der Waals surface area (Å²) in [4.78, 5) is 15.5. The van der Waals surface area contributed by atoms with Crippen molar-refractivity contribution in [2.45, 2.75) is 32.7 Å². The SMILES string of the molecule is CC(C)(C)NCC(=O)NCCc1cccnc1. The Labute approximate surface area is 103 Å². The van der Waals surface area contributed by atoms with Gasteiger partial charge >= 0.3 is 0 Å². The van der Waals surface area contributed by atoms with E-state index in [1.54, 1.807) is 6.20 Å². The fourth-order valence-corrected chi connectivity index (χ4v) is 1.30. The zero-order valence-corrected chi connectivity index (χ0v) is 10.8. The molecule has 0 saturated carbocycles. The highest BCUT2D eigenvalue weighted by Crippen LogP contribution is 1.97. The van der Waals surface area contributed by atoms with Crippen LogP contribution in [0.15, 0.2) is 24.5 Å². The molecule has 0 fully saturated rings. The number of hydrogen-bond acceptors (Lipinski definition) is 3. The average molecular weight is 235 g/mol. The van der Waals surface area contributed by atoms with Crippen LogP contribution in [0.3, 0.4) is 0 Å². The number of rotatable bonds is 5. The maximum absolute atomic E-state index is 11.5.